The number of amides is 2. The lowest BCUT2D eigenvalue weighted by atomic mass is 9.96. The van der Waals surface area contributed by atoms with Crippen LogP contribution >= 0.6 is 22.7 Å². The quantitative estimate of drug-likeness (QED) is 0.934. The molecule has 2 amide bonds. The van der Waals surface area contributed by atoms with Crippen molar-refractivity contribution in [1.29, 1.82) is 0 Å². The Morgan fingerprint density at radius 1 is 1.09 bits per heavy atom. The number of piperidine rings is 1. The Balaban J connectivity index is 1.44. The third-order valence-corrected chi connectivity index (χ3v) is 5.66. The minimum Gasteiger partial charge on any atom is -0.351 e. The number of nitrogens with zero attached hydrogens (tertiary/aromatic N) is 1. The van der Waals surface area contributed by atoms with E-state index < -0.39 is 0 Å². The fraction of sp³-hybridized carbons (Fsp3) is 0.375. The standard InChI is InChI=1S/C16H18N2O2S2/c19-15(13-3-1-9-21-13)17-11-12-5-7-18(8-6-12)16(20)14-4-2-10-22-14/h1-4,9-10,12H,5-8,11H2,(H,17,19). The van der Waals surface area contributed by atoms with Gasteiger partial charge in [0.1, 0.15) is 0 Å². The SMILES string of the molecule is O=C(NCC1CCN(C(=O)c2cccs2)CC1)c1cccs1. The highest BCUT2D eigenvalue weighted by molar-refractivity contribution is 7.12. The van der Waals surface area contributed by atoms with Crippen molar-refractivity contribution < 1.29 is 9.59 Å². The summed E-state index contributed by atoms with van der Waals surface area (Å²) in [5, 5.41) is 6.83. The number of carbonyl (C=O) groups excluding carboxylic acids is 2. The lowest BCUT2D eigenvalue weighted by molar-refractivity contribution is 0.0689. The van der Waals surface area contributed by atoms with Crippen molar-refractivity contribution in [1.82, 2.24) is 10.2 Å². The van der Waals surface area contributed by atoms with E-state index in [0.717, 1.165) is 35.7 Å². The van der Waals surface area contributed by atoms with Crippen molar-refractivity contribution >= 4 is 34.5 Å². The summed E-state index contributed by atoms with van der Waals surface area (Å²) in [7, 11) is 0. The van der Waals surface area contributed by atoms with Crippen LogP contribution in [-0.2, 0) is 0 Å². The Kier molecular flexibility index (Phi) is 4.90. The molecule has 3 rings (SSSR count). The molecule has 2 aromatic rings. The average molecular weight is 334 g/mol. The topological polar surface area (TPSA) is 49.4 Å². The van der Waals surface area contributed by atoms with Crippen LogP contribution in [0.3, 0.4) is 0 Å². The van der Waals surface area contributed by atoms with E-state index in [-0.39, 0.29) is 11.8 Å². The van der Waals surface area contributed by atoms with Crippen molar-refractivity contribution in [3.8, 4) is 0 Å². The molecule has 4 nitrogen and oxygen atoms in total. The molecule has 6 heteroatoms. The van der Waals surface area contributed by atoms with E-state index in [9.17, 15) is 9.59 Å². The predicted molar refractivity (Wildman–Crippen MR) is 89.6 cm³/mol. The van der Waals surface area contributed by atoms with Gasteiger partial charge in [-0.3, -0.25) is 9.59 Å². The van der Waals surface area contributed by atoms with Crippen LogP contribution in [0.4, 0.5) is 0 Å². The van der Waals surface area contributed by atoms with Crippen LogP contribution in [0.5, 0.6) is 0 Å². The maximum absolute atomic E-state index is 12.3. The average Bonchev–Trinajstić information content (AvgIpc) is 3.25. The molecule has 0 atom stereocenters. The highest BCUT2D eigenvalue weighted by Gasteiger charge is 2.24. The molecule has 1 aliphatic rings. The number of nitrogens with one attached hydrogen (secondary N) is 1. The Morgan fingerprint density at radius 2 is 1.73 bits per heavy atom. The van der Waals surface area contributed by atoms with Gasteiger partial charge in [-0.15, -0.1) is 22.7 Å². The van der Waals surface area contributed by atoms with E-state index in [1.165, 1.54) is 22.7 Å². The molecule has 116 valence electrons. The lowest BCUT2D eigenvalue weighted by Crippen LogP contribution is -2.41. The first-order valence-electron chi connectivity index (χ1n) is 7.38. The van der Waals surface area contributed by atoms with E-state index in [0.29, 0.717) is 12.5 Å². The number of likely N-dealkylation sites (tertiary alicyclic amines) is 1. The molecule has 22 heavy (non-hydrogen) atoms. The second kappa shape index (κ2) is 7.07. The first-order chi connectivity index (χ1) is 10.7. The van der Waals surface area contributed by atoms with Gasteiger partial charge in [0.25, 0.3) is 11.8 Å². The molecule has 0 bridgehead atoms. The summed E-state index contributed by atoms with van der Waals surface area (Å²) in [5.41, 5.74) is 0. The van der Waals surface area contributed by atoms with E-state index in [1.807, 2.05) is 39.9 Å². The zero-order chi connectivity index (χ0) is 15.4. The van der Waals surface area contributed by atoms with E-state index in [1.54, 1.807) is 0 Å². The first-order valence-corrected chi connectivity index (χ1v) is 9.14. The van der Waals surface area contributed by atoms with Gasteiger partial charge in [-0.05, 0) is 41.7 Å². The molecule has 0 spiro atoms. The fourth-order valence-corrected chi connectivity index (χ4v) is 3.96. The largest absolute Gasteiger partial charge is 0.351 e. The number of carbonyl (C=O) groups is 2. The zero-order valence-electron chi connectivity index (χ0n) is 12.2. The molecule has 3 heterocycles. The maximum Gasteiger partial charge on any atom is 0.263 e. The van der Waals surface area contributed by atoms with Crippen LogP contribution in [0.2, 0.25) is 0 Å². The molecule has 0 radical (unpaired) electrons. The van der Waals surface area contributed by atoms with Crippen LogP contribution in [0.15, 0.2) is 35.0 Å². The van der Waals surface area contributed by atoms with E-state index >= 15 is 0 Å². The van der Waals surface area contributed by atoms with Crippen molar-refractivity contribution in [2.75, 3.05) is 19.6 Å². The smallest absolute Gasteiger partial charge is 0.263 e. The van der Waals surface area contributed by atoms with Gasteiger partial charge in [0.2, 0.25) is 0 Å². The maximum atomic E-state index is 12.3. The summed E-state index contributed by atoms with van der Waals surface area (Å²) < 4.78 is 0. The van der Waals surface area contributed by atoms with Crippen LogP contribution in [0.25, 0.3) is 0 Å². The molecule has 0 aliphatic carbocycles. The summed E-state index contributed by atoms with van der Waals surface area (Å²) in [5.74, 6) is 0.597. The Labute approximate surface area is 137 Å². The zero-order valence-corrected chi connectivity index (χ0v) is 13.8. The molecule has 0 saturated carbocycles. The summed E-state index contributed by atoms with van der Waals surface area (Å²) in [6.45, 7) is 2.24. The number of thiophene rings is 2. The van der Waals surface area contributed by atoms with Gasteiger partial charge >= 0.3 is 0 Å². The van der Waals surface area contributed by atoms with Gasteiger partial charge in [0, 0.05) is 19.6 Å². The predicted octanol–water partition coefficient (Wildman–Crippen LogP) is 3.09. The van der Waals surface area contributed by atoms with E-state index in [4.69, 9.17) is 0 Å². The molecular formula is C16H18N2O2S2. The highest BCUT2D eigenvalue weighted by Crippen LogP contribution is 2.20. The molecule has 0 aromatic carbocycles. The summed E-state index contributed by atoms with van der Waals surface area (Å²) in [6, 6.07) is 7.50. The lowest BCUT2D eigenvalue weighted by Gasteiger charge is -2.31. The second-order valence-electron chi connectivity index (χ2n) is 5.40. The van der Waals surface area contributed by atoms with Crippen molar-refractivity contribution in [2.24, 2.45) is 5.92 Å². The minimum atomic E-state index is 0.00657. The molecule has 1 aliphatic heterocycles. The third-order valence-electron chi connectivity index (χ3n) is 3.93. The van der Waals surface area contributed by atoms with Gasteiger partial charge in [-0.2, -0.15) is 0 Å². The summed E-state index contributed by atoms with van der Waals surface area (Å²) >= 11 is 2.95. The Morgan fingerprint density at radius 3 is 2.32 bits per heavy atom. The Bertz CT molecular complexity index is 615. The number of rotatable bonds is 4. The molecule has 1 saturated heterocycles. The van der Waals surface area contributed by atoms with Gasteiger partial charge < -0.3 is 10.2 Å². The van der Waals surface area contributed by atoms with Crippen LogP contribution in [-0.4, -0.2) is 36.3 Å². The monoisotopic (exact) mass is 334 g/mol. The second-order valence-corrected chi connectivity index (χ2v) is 7.30. The molecular weight excluding hydrogens is 316 g/mol. The third kappa shape index (κ3) is 3.56. The van der Waals surface area contributed by atoms with Crippen LogP contribution in [0, 0.1) is 5.92 Å². The van der Waals surface area contributed by atoms with Crippen molar-refractivity contribution in [2.45, 2.75) is 12.8 Å². The van der Waals surface area contributed by atoms with Crippen molar-refractivity contribution in [3.05, 3.63) is 44.8 Å². The molecule has 1 fully saturated rings. The first kappa shape index (κ1) is 15.2. The molecule has 2 aromatic heterocycles. The van der Waals surface area contributed by atoms with Gasteiger partial charge in [-0.25, -0.2) is 0 Å². The summed E-state index contributed by atoms with van der Waals surface area (Å²) in [6.07, 6.45) is 1.89. The van der Waals surface area contributed by atoms with Gasteiger partial charge in [-0.1, -0.05) is 12.1 Å². The summed E-state index contributed by atoms with van der Waals surface area (Å²) in [4.78, 5) is 27.7. The minimum absolute atomic E-state index is 0.00657. The van der Waals surface area contributed by atoms with Gasteiger partial charge in [0.05, 0.1) is 9.75 Å². The number of hydrogen-bond acceptors (Lipinski definition) is 4. The van der Waals surface area contributed by atoms with Crippen LogP contribution in [0.1, 0.15) is 32.2 Å². The Hall–Kier alpha value is -1.66. The molecule has 1 N–H and O–H groups in total. The van der Waals surface area contributed by atoms with E-state index in [2.05, 4.69) is 5.32 Å². The normalized spacial score (nSPS) is 15.7. The van der Waals surface area contributed by atoms with Crippen LogP contribution < -0.4 is 5.32 Å². The van der Waals surface area contributed by atoms with Crippen molar-refractivity contribution in [3.63, 3.8) is 0 Å². The fourth-order valence-electron chi connectivity index (χ4n) is 2.63. The van der Waals surface area contributed by atoms with Gasteiger partial charge in [0.15, 0.2) is 0 Å². The number of hydrogen-bond donors (Lipinski definition) is 1. The molecule has 0 unspecified atom stereocenters. The highest BCUT2D eigenvalue weighted by atomic mass is 32.1.